The lowest BCUT2D eigenvalue weighted by Crippen LogP contribution is -2.17. The Balaban J connectivity index is 2.07. The summed E-state index contributed by atoms with van der Waals surface area (Å²) >= 11 is 0. The highest BCUT2D eigenvalue weighted by Gasteiger charge is 2.17. The van der Waals surface area contributed by atoms with Crippen molar-refractivity contribution in [3.05, 3.63) is 35.7 Å². The molecule has 0 radical (unpaired) electrons. The minimum atomic E-state index is 0.0911. The highest BCUT2D eigenvalue weighted by molar-refractivity contribution is 6.17. The van der Waals surface area contributed by atoms with Crippen molar-refractivity contribution < 1.29 is 4.42 Å². The second kappa shape index (κ2) is 5.56. The van der Waals surface area contributed by atoms with Crippen LogP contribution in [-0.2, 0) is 0 Å². The van der Waals surface area contributed by atoms with Gasteiger partial charge in [0.15, 0.2) is 5.58 Å². The van der Waals surface area contributed by atoms with Crippen LogP contribution in [0.4, 0.5) is 17.7 Å². The SMILES string of the molecule is CC(C)Nc1ncnc(N)c1C(=N)c1ccc2oc(N)nc2c1. The van der Waals surface area contributed by atoms with Crippen molar-refractivity contribution in [1.82, 2.24) is 15.0 Å². The van der Waals surface area contributed by atoms with Gasteiger partial charge in [0.1, 0.15) is 23.5 Å². The second-order valence-electron chi connectivity index (χ2n) is 5.39. The smallest absolute Gasteiger partial charge is 0.292 e. The van der Waals surface area contributed by atoms with Crippen LogP contribution < -0.4 is 16.8 Å². The van der Waals surface area contributed by atoms with Gasteiger partial charge < -0.3 is 21.2 Å². The number of aromatic nitrogens is 3. The van der Waals surface area contributed by atoms with Gasteiger partial charge in [-0.2, -0.15) is 4.98 Å². The van der Waals surface area contributed by atoms with Crippen LogP contribution in [0.1, 0.15) is 25.0 Å². The molecule has 2 heterocycles. The Labute approximate surface area is 132 Å². The Morgan fingerprint density at radius 3 is 2.78 bits per heavy atom. The van der Waals surface area contributed by atoms with Crippen molar-refractivity contribution in [2.45, 2.75) is 19.9 Å². The summed E-state index contributed by atoms with van der Waals surface area (Å²) in [7, 11) is 0. The van der Waals surface area contributed by atoms with Crippen LogP contribution in [0.5, 0.6) is 0 Å². The molecule has 2 aromatic heterocycles. The molecule has 0 aliphatic rings. The van der Waals surface area contributed by atoms with Crippen molar-refractivity contribution in [3.63, 3.8) is 0 Å². The third-order valence-corrected chi connectivity index (χ3v) is 3.24. The molecule has 8 heteroatoms. The van der Waals surface area contributed by atoms with Gasteiger partial charge in [0, 0.05) is 11.6 Å². The van der Waals surface area contributed by atoms with Crippen molar-refractivity contribution in [2.24, 2.45) is 0 Å². The predicted octanol–water partition coefficient (Wildman–Crippen LogP) is 2.02. The summed E-state index contributed by atoms with van der Waals surface area (Å²) in [6.45, 7) is 3.96. The number of fused-ring (bicyclic) bond motifs is 1. The lowest BCUT2D eigenvalue weighted by Gasteiger charge is -2.15. The highest BCUT2D eigenvalue weighted by atomic mass is 16.4. The van der Waals surface area contributed by atoms with E-state index in [1.165, 1.54) is 6.33 Å². The summed E-state index contributed by atoms with van der Waals surface area (Å²) in [4.78, 5) is 12.3. The molecule has 0 spiro atoms. The maximum Gasteiger partial charge on any atom is 0.292 e. The molecule has 23 heavy (non-hydrogen) atoms. The zero-order chi connectivity index (χ0) is 16.6. The van der Waals surface area contributed by atoms with Crippen molar-refractivity contribution in [1.29, 1.82) is 5.41 Å². The molecular formula is C15H17N7O. The van der Waals surface area contributed by atoms with E-state index in [1.807, 2.05) is 13.8 Å². The second-order valence-corrected chi connectivity index (χ2v) is 5.39. The summed E-state index contributed by atoms with van der Waals surface area (Å²) in [5, 5.41) is 11.7. The Morgan fingerprint density at radius 2 is 2.04 bits per heavy atom. The van der Waals surface area contributed by atoms with Crippen molar-refractivity contribution in [3.8, 4) is 0 Å². The number of nitrogens with one attached hydrogen (secondary N) is 2. The van der Waals surface area contributed by atoms with Gasteiger partial charge >= 0.3 is 0 Å². The zero-order valence-corrected chi connectivity index (χ0v) is 12.8. The van der Waals surface area contributed by atoms with Crippen LogP contribution in [-0.4, -0.2) is 26.7 Å². The van der Waals surface area contributed by atoms with Gasteiger partial charge in [0.05, 0.1) is 11.3 Å². The average molecular weight is 311 g/mol. The largest absolute Gasteiger partial charge is 0.424 e. The number of benzene rings is 1. The number of hydrogen-bond acceptors (Lipinski definition) is 8. The Hall–Kier alpha value is -3.16. The van der Waals surface area contributed by atoms with Crippen LogP contribution in [0.3, 0.4) is 0 Å². The summed E-state index contributed by atoms with van der Waals surface area (Å²) in [6, 6.07) is 5.43. The lowest BCUT2D eigenvalue weighted by molar-refractivity contribution is 0.626. The number of nitrogen functional groups attached to an aromatic ring is 2. The monoisotopic (exact) mass is 311 g/mol. The van der Waals surface area contributed by atoms with Gasteiger partial charge in [-0.15, -0.1) is 0 Å². The molecule has 0 saturated heterocycles. The first kappa shape index (κ1) is 14.8. The molecule has 0 bridgehead atoms. The summed E-state index contributed by atoms with van der Waals surface area (Å²) in [5.41, 5.74) is 13.9. The Bertz CT molecular complexity index is 885. The van der Waals surface area contributed by atoms with Gasteiger partial charge in [0.25, 0.3) is 6.01 Å². The molecule has 8 nitrogen and oxygen atoms in total. The van der Waals surface area contributed by atoms with Gasteiger partial charge in [-0.3, -0.25) is 5.41 Å². The fourth-order valence-corrected chi connectivity index (χ4v) is 2.27. The van der Waals surface area contributed by atoms with E-state index in [-0.39, 0.29) is 23.6 Å². The van der Waals surface area contributed by atoms with Crippen LogP contribution in [0.25, 0.3) is 11.1 Å². The Kier molecular flexibility index (Phi) is 3.57. The number of anilines is 3. The standard InChI is InChI=1S/C15H17N7O/c1-7(2)21-14-11(13(17)19-6-20-14)12(16)8-3-4-10-9(5-8)22-15(18)23-10/h3-7,16H,1-2H3,(H2,18,22)(H3,17,19,20,21). The van der Waals surface area contributed by atoms with Crippen LogP contribution >= 0.6 is 0 Å². The number of nitrogens with two attached hydrogens (primary N) is 2. The fourth-order valence-electron chi connectivity index (χ4n) is 2.27. The van der Waals surface area contributed by atoms with Crippen LogP contribution in [0, 0.1) is 5.41 Å². The van der Waals surface area contributed by atoms with Crippen molar-refractivity contribution >= 4 is 34.5 Å². The quantitative estimate of drug-likeness (QED) is 0.540. The molecule has 0 fully saturated rings. The number of hydrogen-bond donors (Lipinski definition) is 4. The molecule has 0 atom stereocenters. The van der Waals surface area contributed by atoms with E-state index < -0.39 is 0 Å². The van der Waals surface area contributed by atoms with E-state index in [9.17, 15) is 0 Å². The normalized spacial score (nSPS) is 11.1. The van der Waals surface area contributed by atoms with Gasteiger partial charge in [-0.1, -0.05) is 0 Å². The maximum atomic E-state index is 8.49. The first-order chi connectivity index (χ1) is 11.0. The summed E-state index contributed by atoms with van der Waals surface area (Å²) in [5.74, 6) is 0.769. The van der Waals surface area contributed by atoms with Crippen LogP contribution in [0.15, 0.2) is 28.9 Å². The molecule has 6 N–H and O–H groups in total. The summed E-state index contributed by atoms with van der Waals surface area (Å²) < 4.78 is 5.24. The first-order valence-electron chi connectivity index (χ1n) is 7.08. The van der Waals surface area contributed by atoms with E-state index in [2.05, 4.69) is 20.3 Å². The average Bonchev–Trinajstić information content (AvgIpc) is 2.85. The summed E-state index contributed by atoms with van der Waals surface area (Å²) in [6.07, 6.45) is 1.37. The lowest BCUT2D eigenvalue weighted by atomic mass is 10.0. The van der Waals surface area contributed by atoms with Crippen LogP contribution in [0.2, 0.25) is 0 Å². The van der Waals surface area contributed by atoms with E-state index >= 15 is 0 Å². The molecule has 1 aromatic carbocycles. The van der Waals surface area contributed by atoms with E-state index in [4.69, 9.17) is 21.3 Å². The van der Waals surface area contributed by atoms with E-state index in [1.54, 1.807) is 18.2 Å². The third-order valence-electron chi connectivity index (χ3n) is 3.24. The molecule has 0 amide bonds. The van der Waals surface area contributed by atoms with Gasteiger partial charge in [-0.25, -0.2) is 9.97 Å². The highest BCUT2D eigenvalue weighted by Crippen LogP contribution is 2.25. The van der Waals surface area contributed by atoms with Gasteiger partial charge in [-0.05, 0) is 32.0 Å². The van der Waals surface area contributed by atoms with Gasteiger partial charge in [0.2, 0.25) is 0 Å². The third kappa shape index (κ3) is 2.78. The molecule has 3 aromatic rings. The predicted molar refractivity (Wildman–Crippen MR) is 89.6 cm³/mol. The zero-order valence-electron chi connectivity index (χ0n) is 12.8. The minimum absolute atomic E-state index is 0.0911. The number of nitrogens with zero attached hydrogens (tertiary/aromatic N) is 3. The minimum Gasteiger partial charge on any atom is -0.424 e. The van der Waals surface area contributed by atoms with E-state index in [0.29, 0.717) is 28.0 Å². The van der Waals surface area contributed by atoms with E-state index in [0.717, 1.165) is 0 Å². The number of rotatable bonds is 4. The Morgan fingerprint density at radius 1 is 1.26 bits per heavy atom. The first-order valence-corrected chi connectivity index (χ1v) is 7.08. The molecule has 118 valence electrons. The number of oxazole rings is 1. The molecular weight excluding hydrogens is 294 g/mol. The molecule has 0 aliphatic heterocycles. The molecule has 3 rings (SSSR count). The molecule has 0 unspecified atom stereocenters. The molecule has 0 saturated carbocycles. The maximum absolute atomic E-state index is 8.49. The molecule has 0 aliphatic carbocycles. The fraction of sp³-hybridized carbons (Fsp3) is 0.200. The topological polar surface area (TPSA) is 140 Å². The van der Waals surface area contributed by atoms with Crippen molar-refractivity contribution in [2.75, 3.05) is 16.8 Å².